The highest BCUT2D eigenvalue weighted by Gasteiger charge is 2.26. The van der Waals surface area contributed by atoms with E-state index in [0.717, 1.165) is 30.5 Å². The second-order valence-electron chi connectivity index (χ2n) is 5.95. The van der Waals surface area contributed by atoms with E-state index in [1.54, 1.807) is 0 Å². The van der Waals surface area contributed by atoms with Gasteiger partial charge in [0.2, 0.25) is 0 Å². The predicted octanol–water partition coefficient (Wildman–Crippen LogP) is 3.83. The summed E-state index contributed by atoms with van der Waals surface area (Å²) in [7, 11) is 0. The van der Waals surface area contributed by atoms with Gasteiger partial charge in [0.25, 0.3) is 0 Å². The third-order valence-electron chi connectivity index (χ3n) is 4.29. The zero-order valence-corrected chi connectivity index (χ0v) is 11.4. The molecule has 2 N–H and O–H groups in total. The summed E-state index contributed by atoms with van der Waals surface area (Å²) >= 11 is 0. The van der Waals surface area contributed by atoms with E-state index >= 15 is 0 Å². The largest absolute Gasteiger partial charge is 0.325 e. The Hall–Kier alpha value is -1.41. The SMILES string of the molecule is NC1(Cc2ccc3ccccc3n2)CCCCCC1. The highest BCUT2D eigenvalue weighted by molar-refractivity contribution is 5.78. The lowest BCUT2D eigenvalue weighted by molar-refractivity contribution is 0.366. The van der Waals surface area contributed by atoms with Crippen LogP contribution in [0.25, 0.3) is 10.9 Å². The van der Waals surface area contributed by atoms with Crippen LogP contribution in [0, 0.1) is 0 Å². The fraction of sp³-hybridized carbons (Fsp3) is 0.471. The third kappa shape index (κ3) is 2.95. The van der Waals surface area contributed by atoms with E-state index in [0.29, 0.717) is 0 Å². The van der Waals surface area contributed by atoms with Gasteiger partial charge >= 0.3 is 0 Å². The van der Waals surface area contributed by atoms with Gasteiger partial charge in [0.15, 0.2) is 0 Å². The molecule has 0 saturated heterocycles. The van der Waals surface area contributed by atoms with E-state index in [-0.39, 0.29) is 5.54 Å². The maximum Gasteiger partial charge on any atom is 0.0705 e. The molecule has 0 amide bonds. The first kappa shape index (κ1) is 12.6. The molecule has 100 valence electrons. The van der Waals surface area contributed by atoms with E-state index in [1.165, 1.54) is 31.1 Å². The molecule has 0 bridgehead atoms. The van der Waals surface area contributed by atoms with E-state index < -0.39 is 0 Å². The van der Waals surface area contributed by atoms with E-state index in [9.17, 15) is 0 Å². The van der Waals surface area contributed by atoms with Gasteiger partial charge in [-0.2, -0.15) is 0 Å². The fourth-order valence-electron chi connectivity index (χ4n) is 3.18. The lowest BCUT2D eigenvalue weighted by Crippen LogP contribution is -2.41. The van der Waals surface area contributed by atoms with Gasteiger partial charge in [-0.05, 0) is 25.0 Å². The number of hydrogen-bond donors (Lipinski definition) is 1. The van der Waals surface area contributed by atoms with Gasteiger partial charge < -0.3 is 5.73 Å². The van der Waals surface area contributed by atoms with Crippen LogP contribution in [0.3, 0.4) is 0 Å². The third-order valence-corrected chi connectivity index (χ3v) is 4.29. The number of nitrogens with two attached hydrogens (primary N) is 1. The topological polar surface area (TPSA) is 38.9 Å². The number of pyridine rings is 1. The Morgan fingerprint density at radius 1 is 0.947 bits per heavy atom. The molecule has 0 aliphatic heterocycles. The number of benzene rings is 1. The molecule has 2 aromatic rings. The lowest BCUT2D eigenvalue weighted by Gasteiger charge is -2.27. The van der Waals surface area contributed by atoms with Crippen LogP contribution in [0.2, 0.25) is 0 Å². The van der Waals surface area contributed by atoms with Crippen molar-refractivity contribution < 1.29 is 0 Å². The van der Waals surface area contributed by atoms with Crippen LogP contribution in [-0.4, -0.2) is 10.5 Å². The maximum atomic E-state index is 6.60. The van der Waals surface area contributed by atoms with E-state index in [2.05, 4.69) is 30.3 Å². The van der Waals surface area contributed by atoms with Crippen molar-refractivity contribution in [3.05, 3.63) is 42.1 Å². The molecule has 0 unspecified atom stereocenters. The van der Waals surface area contributed by atoms with Crippen LogP contribution in [0.4, 0.5) is 0 Å². The number of nitrogens with zero attached hydrogens (tertiary/aromatic N) is 1. The fourth-order valence-corrected chi connectivity index (χ4v) is 3.18. The molecule has 1 aliphatic carbocycles. The molecule has 3 rings (SSSR count). The molecular weight excluding hydrogens is 232 g/mol. The van der Waals surface area contributed by atoms with Crippen molar-refractivity contribution in [2.24, 2.45) is 5.73 Å². The minimum atomic E-state index is -0.0358. The highest BCUT2D eigenvalue weighted by Crippen LogP contribution is 2.28. The summed E-state index contributed by atoms with van der Waals surface area (Å²) in [5, 5.41) is 1.21. The van der Waals surface area contributed by atoms with Crippen molar-refractivity contribution in [1.29, 1.82) is 0 Å². The molecule has 0 spiro atoms. The standard InChI is InChI=1S/C17H22N2/c18-17(11-5-1-2-6-12-17)13-15-10-9-14-7-3-4-8-16(14)19-15/h3-4,7-10H,1-2,5-6,11-13,18H2. The molecule has 1 heterocycles. The van der Waals surface area contributed by atoms with Gasteiger partial charge in [-0.3, -0.25) is 4.98 Å². The first-order valence-corrected chi connectivity index (χ1v) is 7.39. The maximum absolute atomic E-state index is 6.60. The van der Waals surface area contributed by atoms with Gasteiger partial charge in [0, 0.05) is 23.0 Å². The summed E-state index contributed by atoms with van der Waals surface area (Å²) in [6.07, 6.45) is 8.41. The Kier molecular flexibility index (Phi) is 3.52. The van der Waals surface area contributed by atoms with E-state index in [4.69, 9.17) is 10.7 Å². The van der Waals surface area contributed by atoms with Crippen molar-refractivity contribution in [2.75, 3.05) is 0 Å². The predicted molar refractivity (Wildman–Crippen MR) is 80.1 cm³/mol. The van der Waals surface area contributed by atoms with Crippen molar-refractivity contribution in [3.63, 3.8) is 0 Å². The molecular formula is C17H22N2. The molecule has 2 nitrogen and oxygen atoms in total. The van der Waals surface area contributed by atoms with Gasteiger partial charge in [0.05, 0.1) is 5.52 Å². The van der Waals surface area contributed by atoms with Crippen LogP contribution in [0.1, 0.15) is 44.2 Å². The Labute approximate surface area is 115 Å². The summed E-state index contributed by atoms with van der Waals surface area (Å²) < 4.78 is 0. The lowest BCUT2D eigenvalue weighted by atomic mass is 9.86. The van der Waals surface area contributed by atoms with Gasteiger partial charge in [-0.1, -0.05) is 49.9 Å². The molecule has 1 aliphatic rings. The Morgan fingerprint density at radius 3 is 2.47 bits per heavy atom. The van der Waals surface area contributed by atoms with Crippen LogP contribution >= 0.6 is 0 Å². The number of hydrogen-bond acceptors (Lipinski definition) is 2. The van der Waals surface area contributed by atoms with Crippen LogP contribution in [-0.2, 0) is 6.42 Å². The Balaban J connectivity index is 1.83. The smallest absolute Gasteiger partial charge is 0.0705 e. The summed E-state index contributed by atoms with van der Waals surface area (Å²) in [6.45, 7) is 0. The molecule has 0 radical (unpaired) electrons. The minimum Gasteiger partial charge on any atom is -0.325 e. The molecule has 1 fully saturated rings. The van der Waals surface area contributed by atoms with Crippen LogP contribution < -0.4 is 5.73 Å². The highest BCUT2D eigenvalue weighted by atomic mass is 14.8. The second-order valence-corrected chi connectivity index (χ2v) is 5.95. The average molecular weight is 254 g/mol. The van der Waals surface area contributed by atoms with Gasteiger partial charge in [0.1, 0.15) is 0 Å². The van der Waals surface area contributed by atoms with Crippen molar-refractivity contribution in [2.45, 2.75) is 50.5 Å². The number of para-hydroxylation sites is 1. The zero-order chi connectivity index (χ0) is 13.1. The number of fused-ring (bicyclic) bond motifs is 1. The summed E-state index contributed by atoms with van der Waals surface area (Å²) in [5.41, 5.74) is 8.78. The molecule has 2 heteroatoms. The molecule has 1 aromatic carbocycles. The summed E-state index contributed by atoms with van der Waals surface area (Å²) in [4.78, 5) is 4.77. The number of rotatable bonds is 2. The quantitative estimate of drug-likeness (QED) is 0.827. The first-order valence-electron chi connectivity index (χ1n) is 7.39. The van der Waals surface area contributed by atoms with E-state index in [1.807, 2.05) is 6.07 Å². The first-order chi connectivity index (χ1) is 9.25. The average Bonchev–Trinajstić information content (AvgIpc) is 2.63. The Bertz CT molecular complexity index is 554. The summed E-state index contributed by atoms with van der Waals surface area (Å²) in [6, 6.07) is 12.6. The molecule has 1 aromatic heterocycles. The van der Waals surface area contributed by atoms with Crippen molar-refractivity contribution in [3.8, 4) is 0 Å². The Morgan fingerprint density at radius 2 is 1.68 bits per heavy atom. The van der Waals surface area contributed by atoms with Crippen molar-refractivity contribution >= 4 is 10.9 Å². The van der Waals surface area contributed by atoms with Gasteiger partial charge in [-0.25, -0.2) is 0 Å². The normalized spacial score (nSPS) is 19.2. The minimum absolute atomic E-state index is 0.0358. The number of aromatic nitrogens is 1. The van der Waals surface area contributed by atoms with Crippen molar-refractivity contribution in [1.82, 2.24) is 4.98 Å². The second kappa shape index (κ2) is 5.30. The molecule has 0 atom stereocenters. The van der Waals surface area contributed by atoms with Crippen LogP contribution in [0.15, 0.2) is 36.4 Å². The molecule has 19 heavy (non-hydrogen) atoms. The van der Waals surface area contributed by atoms with Crippen LogP contribution in [0.5, 0.6) is 0 Å². The summed E-state index contributed by atoms with van der Waals surface area (Å²) in [5.74, 6) is 0. The monoisotopic (exact) mass is 254 g/mol. The molecule has 1 saturated carbocycles. The zero-order valence-electron chi connectivity index (χ0n) is 11.4. The van der Waals surface area contributed by atoms with Gasteiger partial charge in [-0.15, -0.1) is 0 Å².